The molecule has 7 heteroatoms. The molecule has 1 fully saturated rings. The first-order valence-corrected chi connectivity index (χ1v) is 5.88. The first-order valence-electron chi connectivity index (χ1n) is 5.88. The van der Waals surface area contributed by atoms with E-state index in [1.807, 2.05) is 0 Å². The van der Waals surface area contributed by atoms with Gasteiger partial charge in [0.15, 0.2) is 0 Å². The van der Waals surface area contributed by atoms with Crippen molar-refractivity contribution in [3.8, 4) is 5.75 Å². The van der Waals surface area contributed by atoms with E-state index in [9.17, 15) is 18.0 Å². The Labute approximate surface area is 113 Å². The molecule has 1 atom stereocenters. The van der Waals surface area contributed by atoms with Crippen LogP contribution in [0.3, 0.4) is 0 Å². The summed E-state index contributed by atoms with van der Waals surface area (Å²) in [7, 11) is 0. The third-order valence-corrected chi connectivity index (χ3v) is 2.91. The van der Waals surface area contributed by atoms with Gasteiger partial charge in [-0.15, -0.1) is 0 Å². The molecule has 0 aliphatic carbocycles. The van der Waals surface area contributed by atoms with Gasteiger partial charge in [0.25, 0.3) is 0 Å². The van der Waals surface area contributed by atoms with Crippen LogP contribution < -0.4 is 4.74 Å². The molecule has 0 radical (unpaired) electrons. The van der Waals surface area contributed by atoms with Crippen LogP contribution in [0, 0.1) is 0 Å². The zero-order valence-electron chi connectivity index (χ0n) is 10.7. The molecule has 1 aliphatic rings. The second-order valence-electron chi connectivity index (χ2n) is 4.92. The molecule has 20 heavy (non-hydrogen) atoms. The van der Waals surface area contributed by atoms with Crippen LogP contribution in [0.15, 0.2) is 18.2 Å². The average Bonchev–Trinajstić information content (AvgIpc) is 3.04. The quantitative estimate of drug-likeness (QED) is 0.846. The molecule has 0 aromatic heterocycles. The number of carboxylic acids is 1. The van der Waals surface area contributed by atoms with Crippen LogP contribution in [0.2, 0.25) is 0 Å². The maximum atomic E-state index is 12.7. The second-order valence-corrected chi connectivity index (χ2v) is 4.92. The Bertz CT molecular complexity index is 521. The number of ether oxygens (including phenoxy) is 2. The molecule has 1 saturated heterocycles. The Morgan fingerprint density at radius 3 is 2.65 bits per heavy atom. The zero-order valence-corrected chi connectivity index (χ0v) is 10.7. The van der Waals surface area contributed by atoms with Gasteiger partial charge in [-0.3, -0.25) is 4.79 Å². The molecule has 0 bridgehead atoms. The highest BCUT2D eigenvalue weighted by molar-refractivity contribution is 5.71. The lowest BCUT2D eigenvalue weighted by Crippen LogP contribution is -2.18. The van der Waals surface area contributed by atoms with Gasteiger partial charge in [0.05, 0.1) is 18.6 Å². The van der Waals surface area contributed by atoms with Crippen LogP contribution in [0.25, 0.3) is 0 Å². The number of hydrogen-bond acceptors (Lipinski definition) is 3. The van der Waals surface area contributed by atoms with Crippen LogP contribution in [0.4, 0.5) is 13.2 Å². The van der Waals surface area contributed by atoms with E-state index in [-0.39, 0.29) is 17.9 Å². The smallest absolute Gasteiger partial charge is 0.416 e. The molecular formula is C13H13F3O4. The number of carboxylic acid groups (broad SMARTS) is 1. The molecule has 0 saturated carbocycles. The molecule has 1 aliphatic heterocycles. The van der Waals surface area contributed by atoms with Crippen LogP contribution in [0.5, 0.6) is 5.75 Å². The lowest BCUT2D eigenvalue weighted by molar-refractivity contribution is -0.137. The Hall–Kier alpha value is -1.76. The third-order valence-electron chi connectivity index (χ3n) is 2.91. The SMILES string of the molecule is C[C@@]1(COc2cc(C(F)(F)F)ccc2CC(=O)O)CO1. The van der Waals surface area contributed by atoms with Gasteiger partial charge in [-0.1, -0.05) is 6.07 Å². The van der Waals surface area contributed by atoms with E-state index in [1.165, 1.54) is 0 Å². The lowest BCUT2D eigenvalue weighted by atomic mass is 10.1. The van der Waals surface area contributed by atoms with Crippen LogP contribution in [-0.2, 0) is 22.1 Å². The van der Waals surface area contributed by atoms with E-state index in [0.29, 0.717) is 6.61 Å². The van der Waals surface area contributed by atoms with Crippen molar-refractivity contribution in [2.45, 2.75) is 25.1 Å². The average molecular weight is 290 g/mol. The number of epoxide rings is 1. The monoisotopic (exact) mass is 290 g/mol. The van der Waals surface area contributed by atoms with Crippen molar-refractivity contribution in [3.05, 3.63) is 29.3 Å². The highest BCUT2D eigenvalue weighted by Crippen LogP contribution is 2.34. The van der Waals surface area contributed by atoms with E-state index < -0.39 is 29.7 Å². The fraction of sp³-hybridized carbons (Fsp3) is 0.462. The van der Waals surface area contributed by atoms with Crippen LogP contribution in [0.1, 0.15) is 18.1 Å². The summed E-state index contributed by atoms with van der Waals surface area (Å²) in [6.07, 6.45) is -4.90. The molecule has 1 aromatic carbocycles. The van der Waals surface area contributed by atoms with Gasteiger partial charge >= 0.3 is 12.1 Å². The molecular weight excluding hydrogens is 277 g/mol. The molecule has 110 valence electrons. The van der Waals surface area contributed by atoms with Gasteiger partial charge in [-0.05, 0) is 19.1 Å². The Morgan fingerprint density at radius 1 is 1.50 bits per heavy atom. The molecule has 1 aromatic rings. The van der Waals surface area contributed by atoms with Crippen LogP contribution >= 0.6 is 0 Å². The molecule has 0 spiro atoms. The molecule has 0 unspecified atom stereocenters. The van der Waals surface area contributed by atoms with Crippen LogP contribution in [-0.4, -0.2) is 29.9 Å². The summed E-state index contributed by atoms with van der Waals surface area (Å²) in [5.74, 6) is -1.21. The van der Waals surface area contributed by atoms with Crippen molar-refractivity contribution in [1.29, 1.82) is 0 Å². The summed E-state index contributed by atoms with van der Waals surface area (Å²) >= 11 is 0. The zero-order chi connectivity index (χ0) is 15.0. The van der Waals surface area contributed by atoms with Gasteiger partial charge in [-0.25, -0.2) is 0 Å². The van der Waals surface area contributed by atoms with Gasteiger partial charge in [-0.2, -0.15) is 13.2 Å². The van der Waals surface area contributed by atoms with Gasteiger partial charge in [0, 0.05) is 5.56 Å². The summed E-state index contributed by atoms with van der Waals surface area (Å²) in [5, 5.41) is 8.76. The van der Waals surface area contributed by atoms with Gasteiger partial charge < -0.3 is 14.6 Å². The maximum absolute atomic E-state index is 12.7. The largest absolute Gasteiger partial charge is 0.490 e. The van der Waals surface area contributed by atoms with Crippen molar-refractivity contribution < 1.29 is 32.5 Å². The van der Waals surface area contributed by atoms with Crippen molar-refractivity contribution >= 4 is 5.97 Å². The summed E-state index contributed by atoms with van der Waals surface area (Å²) in [4.78, 5) is 10.7. The van der Waals surface area contributed by atoms with E-state index in [4.69, 9.17) is 14.6 Å². The van der Waals surface area contributed by atoms with Crippen molar-refractivity contribution in [1.82, 2.24) is 0 Å². The Balaban J connectivity index is 2.24. The predicted molar refractivity (Wildman–Crippen MR) is 62.6 cm³/mol. The summed E-state index contributed by atoms with van der Waals surface area (Å²) < 4.78 is 48.3. The van der Waals surface area contributed by atoms with Gasteiger partial charge in [0.2, 0.25) is 0 Å². The van der Waals surface area contributed by atoms with Crippen molar-refractivity contribution in [2.75, 3.05) is 13.2 Å². The summed E-state index contributed by atoms with van der Waals surface area (Å²) in [6.45, 7) is 2.32. The molecule has 2 rings (SSSR count). The fourth-order valence-electron chi connectivity index (χ4n) is 1.61. The first kappa shape index (κ1) is 14.6. The summed E-state index contributed by atoms with van der Waals surface area (Å²) in [6, 6.07) is 2.80. The minimum Gasteiger partial charge on any atom is -0.490 e. The predicted octanol–water partition coefficient (Wildman–Crippen LogP) is 2.50. The minimum absolute atomic E-state index is 0.0704. The number of aliphatic carboxylic acids is 1. The number of hydrogen-bond donors (Lipinski definition) is 1. The highest BCUT2D eigenvalue weighted by atomic mass is 19.4. The van der Waals surface area contributed by atoms with Gasteiger partial charge in [0.1, 0.15) is 18.0 Å². The van der Waals surface area contributed by atoms with E-state index in [0.717, 1.165) is 18.2 Å². The molecule has 1 N–H and O–H groups in total. The van der Waals surface area contributed by atoms with Crippen molar-refractivity contribution in [3.63, 3.8) is 0 Å². The first-order chi connectivity index (χ1) is 9.20. The molecule has 0 amide bonds. The van der Waals surface area contributed by atoms with E-state index in [1.54, 1.807) is 6.92 Å². The standard InChI is InChI=1S/C13H13F3O4/c1-12(7-20-12)6-19-10-5-9(13(14,15)16)3-2-8(10)4-11(17)18/h2-3,5H,4,6-7H2,1H3,(H,17,18)/t12-/m1/s1. The number of benzene rings is 1. The fourth-order valence-corrected chi connectivity index (χ4v) is 1.61. The number of rotatable bonds is 5. The van der Waals surface area contributed by atoms with E-state index >= 15 is 0 Å². The Morgan fingerprint density at radius 2 is 2.15 bits per heavy atom. The molecule has 4 nitrogen and oxygen atoms in total. The maximum Gasteiger partial charge on any atom is 0.416 e. The Kier molecular flexibility index (Phi) is 3.64. The van der Waals surface area contributed by atoms with E-state index in [2.05, 4.69) is 0 Å². The minimum atomic E-state index is -4.50. The topological polar surface area (TPSA) is 59.1 Å². The second kappa shape index (κ2) is 4.97. The number of alkyl halides is 3. The number of halogens is 3. The highest BCUT2D eigenvalue weighted by Gasteiger charge is 2.40. The normalized spacial score (nSPS) is 21.6. The summed E-state index contributed by atoms with van der Waals surface area (Å²) in [5.41, 5.74) is -1.16. The third kappa shape index (κ3) is 3.63. The van der Waals surface area contributed by atoms with Crippen molar-refractivity contribution in [2.24, 2.45) is 0 Å². The number of carbonyl (C=O) groups is 1. The molecule has 1 heterocycles. The lowest BCUT2D eigenvalue weighted by Gasteiger charge is -2.15.